The fourth-order valence-corrected chi connectivity index (χ4v) is 2.99. The van der Waals surface area contributed by atoms with E-state index in [-0.39, 0.29) is 24.4 Å². The van der Waals surface area contributed by atoms with E-state index in [2.05, 4.69) is 27.7 Å². The zero-order valence-electron chi connectivity index (χ0n) is 15.6. The van der Waals surface area contributed by atoms with Crippen molar-refractivity contribution in [3.8, 4) is 0 Å². The molecule has 1 aliphatic rings. The predicted molar refractivity (Wildman–Crippen MR) is 104 cm³/mol. The van der Waals surface area contributed by atoms with E-state index in [4.69, 9.17) is 4.74 Å². The van der Waals surface area contributed by atoms with E-state index >= 15 is 0 Å². The highest BCUT2D eigenvalue weighted by atomic mass is 35.5. The van der Waals surface area contributed by atoms with Crippen LogP contribution in [0.3, 0.4) is 0 Å². The van der Waals surface area contributed by atoms with Crippen LogP contribution in [0.15, 0.2) is 24.3 Å². The number of nitrogens with one attached hydrogen (secondary N) is 2. The molecular weight excluding hydrogens is 338 g/mol. The second-order valence-corrected chi connectivity index (χ2v) is 6.82. The lowest BCUT2D eigenvalue weighted by atomic mass is 10.1. The van der Waals surface area contributed by atoms with Gasteiger partial charge >= 0.3 is 0 Å². The number of hydrogen-bond acceptors (Lipinski definition) is 4. The lowest BCUT2D eigenvalue weighted by Crippen LogP contribution is -2.47. The third-order valence-corrected chi connectivity index (χ3v) is 4.35. The number of likely N-dealkylation sites (tertiary alicyclic amines) is 1. The summed E-state index contributed by atoms with van der Waals surface area (Å²) >= 11 is 0. The van der Waals surface area contributed by atoms with Crippen LogP contribution >= 0.6 is 12.4 Å². The van der Waals surface area contributed by atoms with Crippen molar-refractivity contribution in [1.82, 2.24) is 15.5 Å². The molecule has 0 bridgehead atoms. The molecule has 1 amide bonds. The molecule has 1 heterocycles. The van der Waals surface area contributed by atoms with Crippen LogP contribution in [0, 0.1) is 0 Å². The first-order valence-corrected chi connectivity index (χ1v) is 8.92. The fourth-order valence-electron chi connectivity index (χ4n) is 2.99. The third kappa shape index (κ3) is 8.19. The molecule has 1 unspecified atom stereocenters. The normalized spacial score (nSPS) is 18.0. The molecule has 0 aromatic heterocycles. The number of carbonyl (C=O) groups is 1. The molecule has 142 valence electrons. The average molecular weight is 370 g/mol. The summed E-state index contributed by atoms with van der Waals surface area (Å²) in [6.07, 6.45) is 2.57. The quantitative estimate of drug-likeness (QED) is 0.738. The molecule has 1 saturated heterocycles. The Kier molecular flexibility index (Phi) is 10.0. The van der Waals surface area contributed by atoms with Crippen molar-refractivity contribution < 1.29 is 9.53 Å². The molecule has 1 aromatic rings. The topological polar surface area (TPSA) is 53.6 Å². The first kappa shape index (κ1) is 21.9. The van der Waals surface area contributed by atoms with Gasteiger partial charge in [0.05, 0.1) is 19.3 Å². The zero-order chi connectivity index (χ0) is 17.4. The van der Waals surface area contributed by atoms with Crippen LogP contribution in [0.25, 0.3) is 0 Å². The average Bonchev–Trinajstić information content (AvgIpc) is 2.59. The number of amides is 1. The Labute approximate surface area is 157 Å². The minimum absolute atomic E-state index is 0. The van der Waals surface area contributed by atoms with Gasteiger partial charge in [0.25, 0.3) is 0 Å². The number of carbonyl (C=O) groups excluding carboxylic acids is 1. The Hall–Kier alpha value is -1.14. The van der Waals surface area contributed by atoms with E-state index in [0.29, 0.717) is 25.7 Å². The molecule has 1 aliphatic heterocycles. The van der Waals surface area contributed by atoms with Crippen molar-refractivity contribution in [2.75, 3.05) is 26.7 Å². The first-order chi connectivity index (χ1) is 11.6. The minimum atomic E-state index is 0. The maximum Gasteiger partial charge on any atom is 0.234 e. The standard InChI is InChI=1S/C19H31N3O2.ClH/c1-15(2)24-14-17-7-4-6-16(10-17)11-21-19(23)13-22-9-5-8-18(12-22)20-3;/h4,6-7,10,15,18,20H,5,8-9,11-14H2,1-3H3,(H,21,23);1H. The van der Waals surface area contributed by atoms with Gasteiger partial charge in [0.1, 0.15) is 0 Å². The third-order valence-electron chi connectivity index (χ3n) is 4.35. The lowest BCUT2D eigenvalue weighted by molar-refractivity contribution is -0.122. The minimum Gasteiger partial charge on any atom is -0.374 e. The highest BCUT2D eigenvalue weighted by molar-refractivity contribution is 5.85. The lowest BCUT2D eigenvalue weighted by Gasteiger charge is -2.31. The first-order valence-electron chi connectivity index (χ1n) is 8.92. The maximum atomic E-state index is 12.2. The zero-order valence-corrected chi connectivity index (χ0v) is 16.4. The summed E-state index contributed by atoms with van der Waals surface area (Å²) in [6, 6.07) is 8.71. The number of benzene rings is 1. The van der Waals surface area contributed by atoms with Gasteiger partial charge in [0.2, 0.25) is 5.91 Å². The van der Waals surface area contributed by atoms with E-state index in [9.17, 15) is 4.79 Å². The molecule has 1 aromatic carbocycles. The second kappa shape index (κ2) is 11.5. The molecular formula is C19H32ClN3O2. The van der Waals surface area contributed by atoms with Crippen LogP contribution in [-0.2, 0) is 22.7 Å². The van der Waals surface area contributed by atoms with E-state index in [1.807, 2.05) is 33.0 Å². The molecule has 0 aliphatic carbocycles. The Morgan fingerprint density at radius 1 is 1.36 bits per heavy atom. The Bertz CT molecular complexity index is 525. The number of likely N-dealkylation sites (N-methyl/N-ethyl adjacent to an activating group) is 1. The predicted octanol–water partition coefficient (Wildman–Crippen LogP) is 2.33. The van der Waals surface area contributed by atoms with Gasteiger partial charge in [-0.2, -0.15) is 0 Å². The van der Waals surface area contributed by atoms with Crippen molar-refractivity contribution >= 4 is 18.3 Å². The largest absolute Gasteiger partial charge is 0.374 e. The number of rotatable bonds is 8. The van der Waals surface area contributed by atoms with Crippen LogP contribution in [0.2, 0.25) is 0 Å². The van der Waals surface area contributed by atoms with Crippen molar-refractivity contribution in [2.45, 2.75) is 52.0 Å². The Balaban J connectivity index is 0.00000312. The fraction of sp³-hybridized carbons (Fsp3) is 0.632. The number of halogens is 1. The van der Waals surface area contributed by atoms with Crippen molar-refractivity contribution in [3.63, 3.8) is 0 Å². The summed E-state index contributed by atoms with van der Waals surface area (Å²) in [4.78, 5) is 14.4. The highest BCUT2D eigenvalue weighted by Crippen LogP contribution is 2.10. The molecule has 1 atom stereocenters. The van der Waals surface area contributed by atoms with E-state index in [1.165, 1.54) is 6.42 Å². The van der Waals surface area contributed by atoms with Gasteiger partial charge in [-0.15, -0.1) is 12.4 Å². The van der Waals surface area contributed by atoms with Crippen molar-refractivity contribution in [1.29, 1.82) is 0 Å². The summed E-state index contributed by atoms with van der Waals surface area (Å²) < 4.78 is 5.63. The van der Waals surface area contributed by atoms with Crippen molar-refractivity contribution in [3.05, 3.63) is 35.4 Å². The molecule has 6 heteroatoms. The van der Waals surface area contributed by atoms with Gasteiger partial charge in [-0.25, -0.2) is 0 Å². The second-order valence-electron chi connectivity index (χ2n) is 6.82. The van der Waals surface area contributed by atoms with Gasteiger partial charge in [0, 0.05) is 19.1 Å². The summed E-state index contributed by atoms with van der Waals surface area (Å²) in [7, 11) is 1.99. The van der Waals surface area contributed by atoms with Gasteiger partial charge in [-0.05, 0) is 51.4 Å². The molecule has 2 rings (SSSR count). The number of ether oxygens (including phenoxy) is 1. The van der Waals surface area contributed by atoms with Crippen LogP contribution in [0.5, 0.6) is 0 Å². The smallest absolute Gasteiger partial charge is 0.234 e. The van der Waals surface area contributed by atoms with E-state index in [0.717, 1.165) is 30.6 Å². The number of piperidine rings is 1. The Morgan fingerprint density at radius 3 is 2.84 bits per heavy atom. The molecule has 0 saturated carbocycles. The highest BCUT2D eigenvalue weighted by Gasteiger charge is 2.20. The maximum absolute atomic E-state index is 12.2. The molecule has 1 fully saturated rings. The summed E-state index contributed by atoms with van der Waals surface area (Å²) in [5.74, 6) is 0.0931. The summed E-state index contributed by atoms with van der Waals surface area (Å²) in [5, 5.41) is 6.34. The molecule has 25 heavy (non-hydrogen) atoms. The SMILES string of the molecule is CNC1CCCN(CC(=O)NCc2cccc(COC(C)C)c2)C1.Cl. The number of nitrogens with zero attached hydrogens (tertiary/aromatic N) is 1. The van der Waals surface area contributed by atoms with Gasteiger partial charge in [-0.1, -0.05) is 24.3 Å². The van der Waals surface area contributed by atoms with E-state index in [1.54, 1.807) is 0 Å². The monoisotopic (exact) mass is 369 g/mol. The molecule has 0 radical (unpaired) electrons. The Morgan fingerprint density at radius 2 is 2.12 bits per heavy atom. The molecule has 5 nitrogen and oxygen atoms in total. The van der Waals surface area contributed by atoms with Crippen molar-refractivity contribution in [2.24, 2.45) is 0 Å². The van der Waals surface area contributed by atoms with Crippen LogP contribution in [-0.4, -0.2) is 49.6 Å². The summed E-state index contributed by atoms with van der Waals surface area (Å²) in [6.45, 7) is 7.68. The molecule has 0 spiro atoms. The summed E-state index contributed by atoms with van der Waals surface area (Å²) in [5.41, 5.74) is 2.25. The van der Waals surface area contributed by atoms with Crippen LogP contribution in [0.1, 0.15) is 37.8 Å². The van der Waals surface area contributed by atoms with Gasteiger partial charge in [0.15, 0.2) is 0 Å². The van der Waals surface area contributed by atoms with E-state index < -0.39 is 0 Å². The number of hydrogen-bond donors (Lipinski definition) is 2. The molecule has 2 N–H and O–H groups in total. The van der Waals surface area contributed by atoms with Gasteiger partial charge in [-0.3, -0.25) is 9.69 Å². The van der Waals surface area contributed by atoms with Gasteiger partial charge < -0.3 is 15.4 Å². The van der Waals surface area contributed by atoms with Crippen LogP contribution < -0.4 is 10.6 Å². The van der Waals surface area contributed by atoms with Crippen LogP contribution in [0.4, 0.5) is 0 Å².